The van der Waals surface area contributed by atoms with Gasteiger partial charge in [0, 0.05) is 0 Å². The Kier molecular flexibility index (Phi) is 3.00. The molecular formula is C10H8Cl2F3N3. The summed E-state index contributed by atoms with van der Waals surface area (Å²) in [5, 5.41) is 0.443. The number of alkyl halides is 3. The number of fused-ring (bicyclic) bond motifs is 1. The molecule has 0 amide bonds. The highest BCUT2D eigenvalue weighted by Gasteiger charge is 2.51. The first-order chi connectivity index (χ1) is 8.13. The minimum atomic E-state index is -4.62. The Labute approximate surface area is 110 Å². The highest BCUT2D eigenvalue weighted by atomic mass is 35.5. The summed E-state index contributed by atoms with van der Waals surface area (Å²) in [4.78, 5) is 6.32. The standard InChI is InChI=1S/C10H8Cl2F3N3/c1-9(16,10(13,14)15)8-17-6-2-4(11)5(12)3-7(6)18-8/h2-3H,16H2,1H3,(H,17,18). The van der Waals surface area contributed by atoms with Crippen molar-refractivity contribution in [1.82, 2.24) is 9.97 Å². The van der Waals surface area contributed by atoms with Gasteiger partial charge < -0.3 is 10.7 Å². The fourth-order valence-corrected chi connectivity index (χ4v) is 1.71. The first-order valence-corrected chi connectivity index (χ1v) is 5.59. The fourth-order valence-electron chi connectivity index (χ4n) is 1.39. The quantitative estimate of drug-likeness (QED) is 0.845. The van der Waals surface area contributed by atoms with Gasteiger partial charge in [0.15, 0.2) is 5.54 Å². The highest BCUT2D eigenvalue weighted by Crippen LogP contribution is 2.36. The maximum absolute atomic E-state index is 12.8. The minimum absolute atomic E-state index is 0.216. The van der Waals surface area contributed by atoms with Crippen LogP contribution in [0.25, 0.3) is 11.0 Å². The fraction of sp³-hybridized carbons (Fsp3) is 0.300. The molecule has 1 atom stereocenters. The van der Waals surface area contributed by atoms with Crippen LogP contribution < -0.4 is 5.73 Å². The molecule has 0 aliphatic heterocycles. The van der Waals surface area contributed by atoms with Gasteiger partial charge in [0.25, 0.3) is 0 Å². The van der Waals surface area contributed by atoms with Crippen LogP contribution >= 0.6 is 23.2 Å². The van der Waals surface area contributed by atoms with Gasteiger partial charge in [0.2, 0.25) is 0 Å². The monoisotopic (exact) mass is 297 g/mol. The molecule has 1 aromatic carbocycles. The molecule has 2 rings (SSSR count). The Bertz CT molecular complexity index is 565. The SMILES string of the molecule is CC(N)(c1nc2cc(Cl)c(Cl)cc2[nH]1)C(F)(F)F. The molecule has 0 fully saturated rings. The van der Waals surface area contributed by atoms with Crippen LogP contribution in [0.15, 0.2) is 12.1 Å². The first kappa shape index (κ1) is 13.5. The Morgan fingerprint density at radius 1 is 1.22 bits per heavy atom. The van der Waals surface area contributed by atoms with Gasteiger partial charge >= 0.3 is 6.18 Å². The number of hydrogen-bond acceptors (Lipinski definition) is 2. The molecule has 3 nitrogen and oxygen atoms in total. The van der Waals surface area contributed by atoms with E-state index in [0.29, 0.717) is 5.52 Å². The van der Waals surface area contributed by atoms with E-state index in [1.165, 1.54) is 12.1 Å². The lowest BCUT2D eigenvalue weighted by atomic mass is 10.0. The molecule has 0 saturated heterocycles. The molecule has 8 heteroatoms. The summed E-state index contributed by atoms with van der Waals surface area (Å²) in [5.74, 6) is -0.386. The van der Waals surface area contributed by atoms with Crippen molar-refractivity contribution in [3.8, 4) is 0 Å². The molecule has 0 aliphatic carbocycles. The summed E-state index contributed by atoms with van der Waals surface area (Å²) in [6.45, 7) is 0.841. The third kappa shape index (κ3) is 2.04. The molecule has 0 radical (unpaired) electrons. The summed E-state index contributed by atoms with van der Waals surface area (Å²) < 4.78 is 38.3. The number of rotatable bonds is 1. The third-order valence-electron chi connectivity index (χ3n) is 2.60. The van der Waals surface area contributed by atoms with E-state index in [1.807, 2.05) is 0 Å². The van der Waals surface area contributed by atoms with Crippen molar-refractivity contribution in [3.63, 3.8) is 0 Å². The van der Waals surface area contributed by atoms with Gasteiger partial charge in [-0.25, -0.2) is 4.98 Å². The maximum atomic E-state index is 12.8. The average Bonchev–Trinajstić information content (AvgIpc) is 2.60. The number of H-pyrrole nitrogens is 1. The van der Waals surface area contributed by atoms with Gasteiger partial charge in [0.05, 0.1) is 21.1 Å². The number of hydrogen-bond donors (Lipinski definition) is 2. The highest BCUT2D eigenvalue weighted by molar-refractivity contribution is 6.42. The molecule has 18 heavy (non-hydrogen) atoms. The summed E-state index contributed by atoms with van der Waals surface area (Å²) in [6.07, 6.45) is -4.62. The first-order valence-electron chi connectivity index (χ1n) is 4.84. The normalized spacial score (nSPS) is 15.9. The van der Waals surface area contributed by atoms with Crippen LogP contribution in [0.2, 0.25) is 10.0 Å². The van der Waals surface area contributed by atoms with E-state index in [-0.39, 0.29) is 21.4 Å². The van der Waals surface area contributed by atoms with E-state index in [9.17, 15) is 13.2 Å². The third-order valence-corrected chi connectivity index (χ3v) is 3.33. The second-order valence-electron chi connectivity index (χ2n) is 4.07. The average molecular weight is 298 g/mol. The van der Waals surface area contributed by atoms with Crippen molar-refractivity contribution in [2.24, 2.45) is 5.73 Å². The Balaban J connectivity index is 2.61. The lowest BCUT2D eigenvalue weighted by Crippen LogP contribution is -2.48. The second-order valence-corrected chi connectivity index (χ2v) is 4.88. The predicted molar refractivity (Wildman–Crippen MR) is 63.7 cm³/mol. The number of aromatic nitrogens is 2. The zero-order chi connectivity index (χ0) is 13.7. The molecule has 1 unspecified atom stereocenters. The lowest BCUT2D eigenvalue weighted by molar-refractivity contribution is -0.186. The van der Waals surface area contributed by atoms with E-state index in [0.717, 1.165) is 6.92 Å². The smallest absolute Gasteiger partial charge is 0.340 e. The van der Waals surface area contributed by atoms with E-state index < -0.39 is 11.7 Å². The van der Waals surface area contributed by atoms with E-state index in [2.05, 4.69) is 9.97 Å². The molecule has 0 aliphatic rings. The predicted octanol–water partition coefficient (Wildman–Crippen LogP) is 3.61. The Hall–Kier alpha value is -0.980. The zero-order valence-electron chi connectivity index (χ0n) is 9.07. The Morgan fingerprint density at radius 3 is 2.33 bits per heavy atom. The van der Waals surface area contributed by atoms with Crippen molar-refractivity contribution >= 4 is 34.2 Å². The van der Waals surface area contributed by atoms with Gasteiger partial charge in [-0.05, 0) is 19.1 Å². The van der Waals surface area contributed by atoms with Gasteiger partial charge in [-0.15, -0.1) is 0 Å². The number of nitrogens with one attached hydrogen (secondary N) is 1. The summed E-state index contributed by atoms with van der Waals surface area (Å²) >= 11 is 11.5. The lowest BCUT2D eigenvalue weighted by Gasteiger charge is -2.24. The van der Waals surface area contributed by atoms with Crippen molar-refractivity contribution in [2.75, 3.05) is 0 Å². The van der Waals surface area contributed by atoms with Crippen LogP contribution in [0.4, 0.5) is 13.2 Å². The van der Waals surface area contributed by atoms with E-state index in [4.69, 9.17) is 28.9 Å². The van der Waals surface area contributed by atoms with Crippen molar-refractivity contribution in [1.29, 1.82) is 0 Å². The van der Waals surface area contributed by atoms with Crippen LogP contribution in [0.5, 0.6) is 0 Å². The van der Waals surface area contributed by atoms with Crippen LogP contribution in [-0.2, 0) is 5.54 Å². The van der Waals surface area contributed by atoms with E-state index >= 15 is 0 Å². The largest absolute Gasteiger partial charge is 0.413 e. The molecular weight excluding hydrogens is 290 g/mol. The van der Waals surface area contributed by atoms with Gasteiger partial charge in [-0.3, -0.25) is 0 Å². The summed E-state index contributed by atoms with van der Waals surface area (Å²) in [7, 11) is 0. The van der Waals surface area contributed by atoms with Crippen LogP contribution in [0.1, 0.15) is 12.7 Å². The zero-order valence-corrected chi connectivity index (χ0v) is 10.6. The molecule has 2 aromatic rings. The molecule has 1 heterocycles. The van der Waals surface area contributed by atoms with Gasteiger partial charge in [-0.2, -0.15) is 13.2 Å². The molecule has 0 bridgehead atoms. The summed E-state index contributed by atoms with van der Waals surface area (Å²) in [6, 6.07) is 2.79. The number of aromatic amines is 1. The Morgan fingerprint density at radius 2 is 1.78 bits per heavy atom. The van der Waals surface area contributed by atoms with Crippen LogP contribution in [-0.4, -0.2) is 16.1 Å². The molecule has 98 valence electrons. The molecule has 0 saturated carbocycles. The van der Waals surface area contributed by atoms with Crippen LogP contribution in [0.3, 0.4) is 0 Å². The maximum Gasteiger partial charge on any atom is 0.413 e. The summed E-state index contributed by atoms with van der Waals surface area (Å²) in [5.41, 5.74) is 3.33. The minimum Gasteiger partial charge on any atom is -0.340 e. The number of imidazole rings is 1. The number of halogens is 5. The molecule has 1 aromatic heterocycles. The number of benzene rings is 1. The van der Waals surface area contributed by atoms with Gasteiger partial charge in [-0.1, -0.05) is 23.2 Å². The molecule has 3 N–H and O–H groups in total. The van der Waals surface area contributed by atoms with Crippen molar-refractivity contribution in [2.45, 2.75) is 18.6 Å². The van der Waals surface area contributed by atoms with Gasteiger partial charge in [0.1, 0.15) is 5.82 Å². The van der Waals surface area contributed by atoms with Crippen molar-refractivity contribution in [3.05, 3.63) is 28.0 Å². The molecule has 0 spiro atoms. The van der Waals surface area contributed by atoms with Crippen LogP contribution in [0, 0.1) is 0 Å². The number of nitrogens with two attached hydrogens (primary N) is 1. The second kappa shape index (κ2) is 4.01. The van der Waals surface area contributed by atoms with Crippen molar-refractivity contribution < 1.29 is 13.2 Å². The topological polar surface area (TPSA) is 54.7 Å². The van der Waals surface area contributed by atoms with E-state index in [1.54, 1.807) is 0 Å². The number of nitrogens with zero attached hydrogens (tertiary/aromatic N) is 1.